The van der Waals surface area contributed by atoms with E-state index in [0.717, 1.165) is 23.9 Å². The molecule has 3 nitrogen and oxygen atoms in total. The van der Waals surface area contributed by atoms with Crippen LogP contribution in [0.15, 0.2) is 41.3 Å². The standard InChI is InChI=1S/C16H14F4N2OS/c1-21-13-5-3-4-10(14(13)17)15(23)22-12-7-6-9(24-2)8-11(12)16(18,19)20/h3-8,21H,1-2H3,(H,22,23). The Morgan fingerprint density at radius 1 is 1.12 bits per heavy atom. The molecule has 8 heteroatoms. The number of thioether (sulfide) groups is 1. The summed E-state index contributed by atoms with van der Waals surface area (Å²) in [6.07, 6.45) is -2.99. The molecule has 0 atom stereocenters. The first kappa shape index (κ1) is 18.1. The van der Waals surface area contributed by atoms with Crippen molar-refractivity contribution in [3.05, 3.63) is 53.3 Å². The molecule has 0 heterocycles. The van der Waals surface area contributed by atoms with E-state index in [1.54, 1.807) is 6.26 Å². The summed E-state index contributed by atoms with van der Waals surface area (Å²) in [6.45, 7) is 0. The zero-order valence-electron chi connectivity index (χ0n) is 12.8. The summed E-state index contributed by atoms with van der Waals surface area (Å²) in [6, 6.07) is 7.61. The number of carbonyl (C=O) groups excluding carboxylic acids is 1. The smallest absolute Gasteiger partial charge is 0.386 e. The van der Waals surface area contributed by atoms with Gasteiger partial charge < -0.3 is 10.6 Å². The van der Waals surface area contributed by atoms with Crippen molar-refractivity contribution in [2.45, 2.75) is 11.1 Å². The molecule has 0 fully saturated rings. The molecule has 1 amide bonds. The van der Waals surface area contributed by atoms with Crippen LogP contribution in [0.4, 0.5) is 28.9 Å². The largest absolute Gasteiger partial charge is 0.418 e. The maximum atomic E-state index is 14.1. The monoisotopic (exact) mass is 358 g/mol. The molecule has 0 aliphatic carbocycles. The van der Waals surface area contributed by atoms with E-state index in [-0.39, 0.29) is 11.3 Å². The Morgan fingerprint density at radius 3 is 2.42 bits per heavy atom. The summed E-state index contributed by atoms with van der Waals surface area (Å²) in [5.41, 5.74) is -1.66. The number of hydrogen-bond acceptors (Lipinski definition) is 3. The lowest BCUT2D eigenvalue weighted by Crippen LogP contribution is -2.18. The van der Waals surface area contributed by atoms with E-state index in [1.807, 2.05) is 0 Å². The third-order valence-electron chi connectivity index (χ3n) is 3.29. The summed E-state index contributed by atoms with van der Waals surface area (Å²) in [4.78, 5) is 12.6. The van der Waals surface area contributed by atoms with Gasteiger partial charge in [0.15, 0.2) is 5.82 Å². The molecule has 2 rings (SSSR count). The molecule has 0 bridgehead atoms. The van der Waals surface area contributed by atoms with Crippen LogP contribution in [0.25, 0.3) is 0 Å². The highest BCUT2D eigenvalue weighted by atomic mass is 32.2. The number of anilines is 2. The number of amides is 1. The van der Waals surface area contributed by atoms with Crippen molar-refractivity contribution in [1.82, 2.24) is 0 Å². The van der Waals surface area contributed by atoms with Gasteiger partial charge in [-0.1, -0.05) is 6.07 Å². The SMILES string of the molecule is CNc1cccc(C(=O)Nc2ccc(SC)cc2C(F)(F)F)c1F. The van der Waals surface area contributed by atoms with Gasteiger partial charge in [-0.05, 0) is 36.6 Å². The molecule has 0 aromatic heterocycles. The molecule has 0 spiro atoms. The third-order valence-corrected chi connectivity index (χ3v) is 4.02. The van der Waals surface area contributed by atoms with Crippen molar-refractivity contribution in [3.63, 3.8) is 0 Å². The van der Waals surface area contributed by atoms with E-state index < -0.39 is 29.2 Å². The van der Waals surface area contributed by atoms with Gasteiger partial charge in [0.2, 0.25) is 0 Å². The van der Waals surface area contributed by atoms with Crippen molar-refractivity contribution in [2.75, 3.05) is 23.9 Å². The van der Waals surface area contributed by atoms with Gasteiger partial charge in [-0.2, -0.15) is 13.2 Å². The van der Waals surface area contributed by atoms with Crippen molar-refractivity contribution in [3.8, 4) is 0 Å². The minimum atomic E-state index is -4.64. The van der Waals surface area contributed by atoms with Gasteiger partial charge >= 0.3 is 6.18 Å². The highest BCUT2D eigenvalue weighted by molar-refractivity contribution is 7.98. The maximum Gasteiger partial charge on any atom is 0.418 e. The summed E-state index contributed by atoms with van der Waals surface area (Å²) in [5, 5.41) is 4.71. The Kier molecular flexibility index (Phi) is 5.38. The molecule has 0 unspecified atom stereocenters. The van der Waals surface area contributed by atoms with Gasteiger partial charge in [0, 0.05) is 11.9 Å². The number of halogens is 4. The zero-order chi connectivity index (χ0) is 17.9. The molecule has 128 valence electrons. The highest BCUT2D eigenvalue weighted by Gasteiger charge is 2.34. The molecule has 0 saturated carbocycles. The molecule has 2 aromatic carbocycles. The average Bonchev–Trinajstić information content (AvgIpc) is 2.54. The molecule has 24 heavy (non-hydrogen) atoms. The van der Waals surface area contributed by atoms with Gasteiger partial charge in [-0.3, -0.25) is 4.79 Å². The van der Waals surface area contributed by atoms with Gasteiger partial charge in [-0.15, -0.1) is 11.8 Å². The fourth-order valence-corrected chi connectivity index (χ4v) is 2.52. The van der Waals surface area contributed by atoms with Gasteiger partial charge in [-0.25, -0.2) is 4.39 Å². The van der Waals surface area contributed by atoms with E-state index in [2.05, 4.69) is 10.6 Å². The summed E-state index contributed by atoms with van der Waals surface area (Å²) in [5.74, 6) is -1.78. The average molecular weight is 358 g/mol. The number of benzene rings is 2. The van der Waals surface area contributed by atoms with E-state index in [0.29, 0.717) is 4.90 Å². The topological polar surface area (TPSA) is 41.1 Å². The molecule has 2 N–H and O–H groups in total. The van der Waals surface area contributed by atoms with Crippen LogP contribution in [0.2, 0.25) is 0 Å². The van der Waals surface area contributed by atoms with Gasteiger partial charge in [0.1, 0.15) is 0 Å². The normalized spacial score (nSPS) is 11.2. The Bertz CT molecular complexity index is 762. The second-order valence-corrected chi connectivity index (χ2v) is 5.66. The molecular formula is C16H14F4N2OS. The molecular weight excluding hydrogens is 344 g/mol. The maximum absolute atomic E-state index is 14.1. The van der Waals surface area contributed by atoms with Crippen LogP contribution in [0.5, 0.6) is 0 Å². The number of carbonyl (C=O) groups is 1. The summed E-state index contributed by atoms with van der Waals surface area (Å²) in [7, 11) is 1.48. The van der Waals surface area contributed by atoms with Crippen LogP contribution in [0, 0.1) is 5.82 Å². The Balaban J connectivity index is 2.39. The van der Waals surface area contributed by atoms with Crippen molar-refractivity contribution < 1.29 is 22.4 Å². The number of alkyl halides is 3. The molecule has 0 aliphatic heterocycles. The first-order valence-corrected chi connectivity index (χ1v) is 8.03. The van der Waals surface area contributed by atoms with Crippen LogP contribution in [-0.4, -0.2) is 19.2 Å². The number of rotatable bonds is 4. The van der Waals surface area contributed by atoms with E-state index in [4.69, 9.17) is 0 Å². The lowest BCUT2D eigenvalue weighted by Gasteiger charge is -2.15. The Hall–Kier alpha value is -2.22. The Labute approximate surface area is 140 Å². The highest BCUT2D eigenvalue weighted by Crippen LogP contribution is 2.37. The fraction of sp³-hybridized carbons (Fsp3) is 0.188. The zero-order valence-corrected chi connectivity index (χ0v) is 13.6. The minimum Gasteiger partial charge on any atom is -0.386 e. The minimum absolute atomic E-state index is 0.0800. The second-order valence-electron chi connectivity index (χ2n) is 4.78. The van der Waals surface area contributed by atoms with Crippen molar-refractivity contribution in [1.29, 1.82) is 0 Å². The fourth-order valence-electron chi connectivity index (χ4n) is 2.08. The van der Waals surface area contributed by atoms with Crippen molar-refractivity contribution in [2.24, 2.45) is 0 Å². The van der Waals surface area contributed by atoms with Gasteiger partial charge in [0.05, 0.1) is 22.5 Å². The second kappa shape index (κ2) is 7.12. The molecule has 0 aliphatic rings. The lowest BCUT2D eigenvalue weighted by molar-refractivity contribution is -0.137. The third kappa shape index (κ3) is 3.81. The predicted octanol–water partition coefficient (Wildman–Crippen LogP) is 4.86. The quantitative estimate of drug-likeness (QED) is 0.606. The number of hydrogen-bond donors (Lipinski definition) is 2. The number of nitrogens with one attached hydrogen (secondary N) is 2. The van der Waals surface area contributed by atoms with Crippen LogP contribution in [0.3, 0.4) is 0 Å². The molecule has 2 aromatic rings. The van der Waals surface area contributed by atoms with E-state index in [9.17, 15) is 22.4 Å². The predicted molar refractivity (Wildman–Crippen MR) is 87.1 cm³/mol. The van der Waals surface area contributed by atoms with Crippen LogP contribution in [-0.2, 0) is 6.18 Å². The molecule has 0 saturated heterocycles. The van der Waals surface area contributed by atoms with Gasteiger partial charge in [0.25, 0.3) is 5.91 Å². The Morgan fingerprint density at radius 2 is 1.83 bits per heavy atom. The van der Waals surface area contributed by atoms with E-state index >= 15 is 0 Å². The molecule has 0 radical (unpaired) electrons. The van der Waals surface area contributed by atoms with Crippen LogP contribution >= 0.6 is 11.8 Å². The summed E-state index contributed by atoms with van der Waals surface area (Å²) >= 11 is 1.15. The van der Waals surface area contributed by atoms with Crippen molar-refractivity contribution >= 4 is 29.0 Å². The van der Waals surface area contributed by atoms with Crippen LogP contribution < -0.4 is 10.6 Å². The first-order valence-electron chi connectivity index (χ1n) is 6.80. The first-order chi connectivity index (χ1) is 11.3. The lowest BCUT2D eigenvalue weighted by atomic mass is 10.1. The van der Waals surface area contributed by atoms with E-state index in [1.165, 1.54) is 31.3 Å². The summed E-state index contributed by atoms with van der Waals surface area (Å²) < 4.78 is 53.6. The van der Waals surface area contributed by atoms with Crippen LogP contribution in [0.1, 0.15) is 15.9 Å².